The standard InChI is InChI=1S/C12H15NO3/c1-16-11-10(8-4-2-3-5-8)9(12(14)15)6-7-13-11/h6-8H,2-5H2,1H3,(H,14,15). The van der Waals surface area contributed by atoms with Crippen LogP contribution in [0.4, 0.5) is 0 Å². The first-order valence-corrected chi connectivity index (χ1v) is 5.50. The third-order valence-corrected chi connectivity index (χ3v) is 3.14. The van der Waals surface area contributed by atoms with Crippen LogP contribution in [0.2, 0.25) is 0 Å². The molecule has 2 rings (SSSR count). The quantitative estimate of drug-likeness (QED) is 0.851. The van der Waals surface area contributed by atoms with Crippen LogP contribution < -0.4 is 4.74 Å². The number of carbonyl (C=O) groups is 1. The maximum Gasteiger partial charge on any atom is 0.336 e. The second-order valence-electron chi connectivity index (χ2n) is 4.07. The maximum atomic E-state index is 11.2. The highest BCUT2D eigenvalue weighted by atomic mass is 16.5. The SMILES string of the molecule is COc1nccc(C(=O)O)c1C1CCCC1. The van der Waals surface area contributed by atoms with Crippen molar-refractivity contribution in [3.8, 4) is 5.88 Å². The largest absolute Gasteiger partial charge is 0.481 e. The Morgan fingerprint density at radius 3 is 2.75 bits per heavy atom. The number of aromatic carboxylic acids is 1. The third kappa shape index (κ3) is 1.87. The molecule has 16 heavy (non-hydrogen) atoms. The molecule has 1 N–H and O–H groups in total. The van der Waals surface area contributed by atoms with Crippen LogP contribution in [0.1, 0.15) is 47.5 Å². The summed E-state index contributed by atoms with van der Waals surface area (Å²) in [6, 6.07) is 1.55. The van der Waals surface area contributed by atoms with Crippen molar-refractivity contribution in [2.75, 3.05) is 7.11 Å². The number of carboxylic acid groups (broad SMARTS) is 1. The molecule has 86 valence electrons. The number of hydrogen-bond acceptors (Lipinski definition) is 3. The highest BCUT2D eigenvalue weighted by molar-refractivity contribution is 5.90. The monoisotopic (exact) mass is 221 g/mol. The summed E-state index contributed by atoms with van der Waals surface area (Å²) in [4.78, 5) is 15.3. The normalized spacial score (nSPS) is 16.3. The van der Waals surface area contributed by atoms with Crippen LogP contribution in [0.15, 0.2) is 12.3 Å². The van der Waals surface area contributed by atoms with Crippen LogP contribution in [0.3, 0.4) is 0 Å². The van der Waals surface area contributed by atoms with Crippen LogP contribution >= 0.6 is 0 Å². The molecule has 1 aliphatic rings. The van der Waals surface area contributed by atoms with E-state index in [0.29, 0.717) is 11.4 Å². The lowest BCUT2D eigenvalue weighted by Crippen LogP contribution is -2.08. The Morgan fingerprint density at radius 1 is 1.50 bits per heavy atom. The molecule has 0 aliphatic heterocycles. The number of rotatable bonds is 3. The molecule has 1 heterocycles. The number of carboxylic acids is 1. The molecule has 1 aromatic heterocycles. The maximum absolute atomic E-state index is 11.2. The highest BCUT2D eigenvalue weighted by Crippen LogP contribution is 2.39. The molecule has 4 heteroatoms. The molecule has 0 radical (unpaired) electrons. The van der Waals surface area contributed by atoms with Crippen molar-refractivity contribution in [2.45, 2.75) is 31.6 Å². The summed E-state index contributed by atoms with van der Waals surface area (Å²) in [7, 11) is 1.53. The van der Waals surface area contributed by atoms with E-state index in [2.05, 4.69) is 4.98 Å². The minimum Gasteiger partial charge on any atom is -0.481 e. The first-order valence-electron chi connectivity index (χ1n) is 5.50. The van der Waals surface area contributed by atoms with Crippen molar-refractivity contribution >= 4 is 5.97 Å². The van der Waals surface area contributed by atoms with Gasteiger partial charge < -0.3 is 9.84 Å². The zero-order valence-corrected chi connectivity index (χ0v) is 9.27. The van der Waals surface area contributed by atoms with Gasteiger partial charge in [-0.1, -0.05) is 12.8 Å². The predicted molar refractivity (Wildman–Crippen MR) is 59.0 cm³/mol. The first-order chi connectivity index (χ1) is 7.74. The minimum atomic E-state index is -0.900. The van der Waals surface area contributed by atoms with Gasteiger partial charge in [0.15, 0.2) is 0 Å². The predicted octanol–water partition coefficient (Wildman–Crippen LogP) is 2.45. The number of aromatic nitrogens is 1. The summed E-state index contributed by atoms with van der Waals surface area (Å²) in [5.41, 5.74) is 1.11. The molecular weight excluding hydrogens is 206 g/mol. The van der Waals surface area contributed by atoms with E-state index in [1.54, 1.807) is 6.07 Å². The van der Waals surface area contributed by atoms with Gasteiger partial charge >= 0.3 is 5.97 Å². The molecule has 0 atom stereocenters. The second-order valence-corrected chi connectivity index (χ2v) is 4.07. The van der Waals surface area contributed by atoms with Gasteiger partial charge in [0.1, 0.15) is 0 Å². The molecule has 0 unspecified atom stereocenters. The fourth-order valence-electron chi connectivity index (χ4n) is 2.41. The van der Waals surface area contributed by atoms with Crippen molar-refractivity contribution in [2.24, 2.45) is 0 Å². The number of pyridine rings is 1. The Balaban J connectivity index is 2.48. The summed E-state index contributed by atoms with van der Waals surface area (Å²) < 4.78 is 5.17. The van der Waals surface area contributed by atoms with E-state index in [9.17, 15) is 4.79 Å². The van der Waals surface area contributed by atoms with Gasteiger partial charge in [-0.25, -0.2) is 9.78 Å². The van der Waals surface area contributed by atoms with Crippen molar-refractivity contribution in [3.05, 3.63) is 23.4 Å². The van der Waals surface area contributed by atoms with Crippen molar-refractivity contribution in [1.82, 2.24) is 4.98 Å². The molecule has 0 spiro atoms. The Labute approximate surface area is 94.3 Å². The van der Waals surface area contributed by atoms with E-state index >= 15 is 0 Å². The molecular formula is C12H15NO3. The summed E-state index contributed by atoms with van der Waals surface area (Å²) >= 11 is 0. The van der Waals surface area contributed by atoms with E-state index in [-0.39, 0.29) is 5.92 Å². The summed E-state index contributed by atoms with van der Waals surface area (Å²) in [6.45, 7) is 0. The zero-order chi connectivity index (χ0) is 11.5. The van der Waals surface area contributed by atoms with E-state index in [4.69, 9.17) is 9.84 Å². The van der Waals surface area contributed by atoms with E-state index in [1.807, 2.05) is 0 Å². The summed E-state index contributed by atoms with van der Waals surface area (Å²) in [6.07, 6.45) is 5.86. The fourth-order valence-corrected chi connectivity index (χ4v) is 2.41. The van der Waals surface area contributed by atoms with Gasteiger partial charge in [0.25, 0.3) is 0 Å². The van der Waals surface area contributed by atoms with Crippen LogP contribution in [-0.2, 0) is 0 Å². The fraction of sp³-hybridized carbons (Fsp3) is 0.500. The molecule has 0 aromatic carbocycles. The number of methoxy groups -OCH3 is 1. The molecule has 0 bridgehead atoms. The van der Waals surface area contributed by atoms with Gasteiger partial charge in [0, 0.05) is 11.8 Å². The zero-order valence-electron chi connectivity index (χ0n) is 9.27. The van der Waals surface area contributed by atoms with Crippen LogP contribution in [0, 0.1) is 0 Å². The highest BCUT2D eigenvalue weighted by Gasteiger charge is 2.26. The molecule has 0 saturated heterocycles. The second kappa shape index (κ2) is 4.51. The van der Waals surface area contributed by atoms with Gasteiger partial charge in [-0.05, 0) is 24.8 Å². The van der Waals surface area contributed by atoms with E-state index in [0.717, 1.165) is 31.2 Å². The van der Waals surface area contributed by atoms with Gasteiger partial charge in [-0.3, -0.25) is 0 Å². The van der Waals surface area contributed by atoms with Crippen LogP contribution in [-0.4, -0.2) is 23.2 Å². The van der Waals surface area contributed by atoms with Crippen molar-refractivity contribution in [3.63, 3.8) is 0 Å². The lowest BCUT2D eigenvalue weighted by atomic mass is 9.94. The van der Waals surface area contributed by atoms with E-state index in [1.165, 1.54) is 13.3 Å². The van der Waals surface area contributed by atoms with Gasteiger partial charge in [-0.2, -0.15) is 0 Å². The number of hydrogen-bond donors (Lipinski definition) is 1. The Kier molecular flexibility index (Phi) is 3.08. The molecule has 1 aliphatic carbocycles. The molecule has 1 saturated carbocycles. The molecule has 4 nitrogen and oxygen atoms in total. The Hall–Kier alpha value is -1.58. The van der Waals surface area contributed by atoms with Gasteiger partial charge in [0.05, 0.1) is 12.7 Å². The van der Waals surface area contributed by atoms with Crippen molar-refractivity contribution in [1.29, 1.82) is 0 Å². The van der Waals surface area contributed by atoms with E-state index < -0.39 is 5.97 Å². The third-order valence-electron chi connectivity index (χ3n) is 3.14. The lowest BCUT2D eigenvalue weighted by Gasteiger charge is -2.15. The molecule has 0 amide bonds. The van der Waals surface area contributed by atoms with Crippen molar-refractivity contribution < 1.29 is 14.6 Å². The number of nitrogens with zero attached hydrogens (tertiary/aromatic N) is 1. The molecule has 1 fully saturated rings. The lowest BCUT2D eigenvalue weighted by molar-refractivity contribution is 0.0694. The Bertz CT molecular complexity index is 397. The average Bonchev–Trinajstić information content (AvgIpc) is 2.81. The number of ether oxygens (including phenoxy) is 1. The molecule has 1 aromatic rings. The average molecular weight is 221 g/mol. The summed E-state index contributed by atoms with van der Waals surface area (Å²) in [5.74, 6) is -0.149. The smallest absolute Gasteiger partial charge is 0.336 e. The van der Waals surface area contributed by atoms with Gasteiger partial charge in [0.2, 0.25) is 5.88 Å². The summed E-state index contributed by atoms with van der Waals surface area (Å²) in [5, 5.41) is 9.16. The van der Waals surface area contributed by atoms with Crippen LogP contribution in [0.25, 0.3) is 0 Å². The van der Waals surface area contributed by atoms with Crippen LogP contribution in [0.5, 0.6) is 5.88 Å². The van der Waals surface area contributed by atoms with Gasteiger partial charge in [-0.15, -0.1) is 0 Å². The Morgan fingerprint density at radius 2 is 2.19 bits per heavy atom. The minimum absolute atomic E-state index is 0.287. The topological polar surface area (TPSA) is 59.4 Å². The first kappa shape index (κ1) is 10.9.